The van der Waals surface area contributed by atoms with E-state index in [1.54, 1.807) is 0 Å². The fraction of sp³-hybridized carbons (Fsp3) is 0.562. The third-order valence-electron chi connectivity index (χ3n) is 4.30. The van der Waals surface area contributed by atoms with E-state index < -0.39 is 0 Å². The Morgan fingerprint density at radius 3 is 2.53 bits per heavy atom. The predicted octanol–water partition coefficient (Wildman–Crippen LogP) is 2.20. The molecule has 1 N–H and O–H groups in total. The van der Waals surface area contributed by atoms with Crippen LogP contribution in [0.1, 0.15) is 31.9 Å². The highest BCUT2D eigenvalue weighted by Gasteiger charge is 2.28. The molecule has 0 radical (unpaired) electrons. The molecule has 0 saturated carbocycles. The Labute approximate surface area is 116 Å². The first kappa shape index (κ1) is 14.1. The molecule has 0 fully saturated rings. The van der Waals surface area contributed by atoms with Crippen molar-refractivity contribution in [2.45, 2.75) is 45.8 Å². The minimum Gasteiger partial charge on any atom is -0.341 e. The van der Waals surface area contributed by atoms with Crippen molar-refractivity contribution in [2.75, 3.05) is 7.05 Å². The molecule has 0 saturated heterocycles. The Balaban J connectivity index is 2.06. The van der Waals surface area contributed by atoms with Crippen molar-refractivity contribution in [1.29, 1.82) is 0 Å². The Morgan fingerprint density at radius 2 is 1.89 bits per heavy atom. The van der Waals surface area contributed by atoms with Gasteiger partial charge in [-0.25, -0.2) is 0 Å². The monoisotopic (exact) mass is 260 g/mol. The third kappa shape index (κ3) is 2.98. The van der Waals surface area contributed by atoms with Gasteiger partial charge in [-0.2, -0.15) is 0 Å². The van der Waals surface area contributed by atoms with Crippen molar-refractivity contribution >= 4 is 5.91 Å². The zero-order valence-corrected chi connectivity index (χ0v) is 12.3. The van der Waals surface area contributed by atoms with E-state index in [2.05, 4.69) is 44.3 Å². The highest BCUT2D eigenvalue weighted by Crippen LogP contribution is 2.18. The van der Waals surface area contributed by atoms with E-state index in [9.17, 15) is 4.79 Å². The fourth-order valence-corrected chi connectivity index (χ4v) is 2.52. The lowest BCUT2D eigenvalue weighted by Crippen LogP contribution is -2.51. The van der Waals surface area contributed by atoms with Crippen molar-refractivity contribution < 1.29 is 4.79 Å². The normalized spacial score (nSPS) is 19.9. The van der Waals surface area contributed by atoms with Crippen LogP contribution in [0, 0.1) is 5.92 Å². The molecule has 1 aliphatic heterocycles. The molecule has 0 bridgehead atoms. The molecule has 0 spiro atoms. The van der Waals surface area contributed by atoms with Crippen molar-refractivity contribution in [1.82, 2.24) is 10.2 Å². The van der Waals surface area contributed by atoms with Crippen molar-refractivity contribution in [3.63, 3.8) is 0 Å². The topological polar surface area (TPSA) is 32.3 Å². The molecule has 1 aromatic carbocycles. The van der Waals surface area contributed by atoms with Gasteiger partial charge < -0.3 is 10.2 Å². The number of carbonyl (C=O) groups excluding carboxylic acids is 1. The van der Waals surface area contributed by atoms with E-state index in [0.29, 0.717) is 5.92 Å². The molecule has 104 valence electrons. The van der Waals surface area contributed by atoms with Crippen molar-refractivity contribution in [3.8, 4) is 0 Å². The van der Waals surface area contributed by atoms with Crippen molar-refractivity contribution in [3.05, 3.63) is 35.4 Å². The molecule has 3 heteroatoms. The summed E-state index contributed by atoms with van der Waals surface area (Å²) < 4.78 is 0. The number of amides is 1. The van der Waals surface area contributed by atoms with Gasteiger partial charge in [-0.05, 0) is 30.4 Å². The predicted molar refractivity (Wildman–Crippen MR) is 77.8 cm³/mol. The summed E-state index contributed by atoms with van der Waals surface area (Å²) >= 11 is 0. The number of likely N-dealkylation sites (N-methyl/N-ethyl adjacent to an activating group) is 1. The third-order valence-corrected chi connectivity index (χ3v) is 4.30. The number of nitrogens with zero attached hydrogens (tertiary/aromatic N) is 1. The lowest BCUT2D eigenvalue weighted by Gasteiger charge is -2.33. The molecule has 1 heterocycles. The van der Waals surface area contributed by atoms with Gasteiger partial charge in [0.25, 0.3) is 0 Å². The van der Waals surface area contributed by atoms with E-state index in [1.807, 2.05) is 18.0 Å². The minimum atomic E-state index is -0.0823. The number of hydrogen-bond donors (Lipinski definition) is 1. The molecule has 2 unspecified atom stereocenters. The molecular formula is C16H24N2O. The highest BCUT2D eigenvalue weighted by molar-refractivity contribution is 5.82. The van der Waals surface area contributed by atoms with Gasteiger partial charge in [-0.15, -0.1) is 0 Å². The van der Waals surface area contributed by atoms with Crippen LogP contribution in [-0.2, 0) is 17.8 Å². The van der Waals surface area contributed by atoms with Gasteiger partial charge in [-0.3, -0.25) is 4.79 Å². The van der Waals surface area contributed by atoms with E-state index in [-0.39, 0.29) is 18.0 Å². The van der Waals surface area contributed by atoms with Crippen LogP contribution >= 0.6 is 0 Å². The highest BCUT2D eigenvalue weighted by atomic mass is 16.2. The molecule has 19 heavy (non-hydrogen) atoms. The van der Waals surface area contributed by atoms with E-state index in [0.717, 1.165) is 13.0 Å². The van der Waals surface area contributed by atoms with Crippen molar-refractivity contribution in [2.24, 2.45) is 5.92 Å². The van der Waals surface area contributed by atoms with Crippen LogP contribution in [0.3, 0.4) is 0 Å². The number of fused-ring (bicyclic) bond motifs is 1. The molecule has 3 nitrogen and oxygen atoms in total. The second-order valence-electron chi connectivity index (χ2n) is 5.84. The molecule has 1 amide bonds. The molecule has 0 aliphatic carbocycles. The Morgan fingerprint density at radius 1 is 1.26 bits per heavy atom. The van der Waals surface area contributed by atoms with Gasteiger partial charge in [0.05, 0.1) is 6.04 Å². The average Bonchev–Trinajstić information content (AvgIpc) is 2.44. The van der Waals surface area contributed by atoms with Gasteiger partial charge in [0.1, 0.15) is 0 Å². The summed E-state index contributed by atoms with van der Waals surface area (Å²) in [4.78, 5) is 14.4. The summed E-state index contributed by atoms with van der Waals surface area (Å²) in [6, 6.07) is 8.54. The van der Waals surface area contributed by atoms with Crippen LogP contribution in [0.4, 0.5) is 0 Å². The quantitative estimate of drug-likeness (QED) is 0.903. The summed E-state index contributed by atoms with van der Waals surface area (Å²) in [5, 5.41) is 3.36. The minimum absolute atomic E-state index is 0.0823. The second kappa shape index (κ2) is 5.74. The van der Waals surface area contributed by atoms with Gasteiger partial charge in [0.2, 0.25) is 5.91 Å². The molecule has 1 aliphatic rings. The Bertz CT molecular complexity index is 456. The number of nitrogens with one attached hydrogen (secondary N) is 1. The smallest absolute Gasteiger partial charge is 0.240 e. The van der Waals surface area contributed by atoms with Gasteiger partial charge in [-0.1, -0.05) is 38.1 Å². The Hall–Kier alpha value is -1.35. The van der Waals surface area contributed by atoms with E-state index in [1.165, 1.54) is 11.1 Å². The second-order valence-corrected chi connectivity index (χ2v) is 5.84. The summed E-state index contributed by atoms with van der Waals surface area (Å²) in [6.45, 7) is 7.20. The Kier molecular flexibility index (Phi) is 4.25. The molecular weight excluding hydrogens is 236 g/mol. The van der Waals surface area contributed by atoms with Gasteiger partial charge >= 0.3 is 0 Å². The summed E-state index contributed by atoms with van der Waals surface area (Å²) in [5.41, 5.74) is 2.61. The van der Waals surface area contributed by atoms with Crippen LogP contribution in [-0.4, -0.2) is 29.9 Å². The summed E-state index contributed by atoms with van der Waals surface area (Å²) in [6.07, 6.45) is 0.796. The number of carbonyl (C=O) groups is 1. The van der Waals surface area contributed by atoms with Crippen LogP contribution in [0.15, 0.2) is 24.3 Å². The maximum absolute atomic E-state index is 12.5. The average molecular weight is 260 g/mol. The number of benzene rings is 1. The SMILES string of the molecule is CC(C)C(C)N(C)C(=O)C1Cc2ccccc2CN1. The molecule has 2 rings (SSSR count). The summed E-state index contributed by atoms with van der Waals surface area (Å²) in [5.74, 6) is 0.681. The van der Waals surface area contributed by atoms with Crippen LogP contribution in [0.5, 0.6) is 0 Å². The maximum Gasteiger partial charge on any atom is 0.240 e. The lowest BCUT2D eigenvalue weighted by molar-refractivity contribution is -0.134. The molecule has 2 atom stereocenters. The first-order valence-corrected chi connectivity index (χ1v) is 7.07. The lowest BCUT2D eigenvalue weighted by atomic mass is 9.94. The molecule has 0 aromatic heterocycles. The zero-order valence-electron chi connectivity index (χ0n) is 12.3. The van der Waals surface area contributed by atoms with Crippen LogP contribution in [0.2, 0.25) is 0 Å². The summed E-state index contributed by atoms with van der Waals surface area (Å²) in [7, 11) is 1.91. The largest absolute Gasteiger partial charge is 0.341 e. The van der Waals surface area contributed by atoms with Gasteiger partial charge in [0.15, 0.2) is 0 Å². The fourth-order valence-electron chi connectivity index (χ4n) is 2.52. The van der Waals surface area contributed by atoms with E-state index in [4.69, 9.17) is 0 Å². The maximum atomic E-state index is 12.5. The van der Waals surface area contributed by atoms with Crippen LogP contribution < -0.4 is 5.32 Å². The van der Waals surface area contributed by atoms with E-state index >= 15 is 0 Å². The number of rotatable bonds is 3. The molecule has 1 aromatic rings. The first-order chi connectivity index (χ1) is 9.00. The zero-order chi connectivity index (χ0) is 14.0. The number of hydrogen-bond acceptors (Lipinski definition) is 2. The first-order valence-electron chi connectivity index (χ1n) is 7.07. The van der Waals surface area contributed by atoms with Crippen LogP contribution in [0.25, 0.3) is 0 Å². The standard InChI is InChI=1S/C16H24N2O/c1-11(2)12(3)18(4)16(19)15-9-13-7-5-6-8-14(13)10-17-15/h5-8,11-12,15,17H,9-10H2,1-4H3. The van der Waals surface area contributed by atoms with Gasteiger partial charge in [0, 0.05) is 19.6 Å².